The van der Waals surface area contributed by atoms with Crippen molar-refractivity contribution in [1.29, 1.82) is 10.5 Å². The summed E-state index contributed by atoms with van der Waals surface area (Å²) < 4.78 is 1.96. The van der Waals surface area contributed by atoms with Crippen LogP contribution >= 0.6 is 23.7 Å². The third kappa shape index (κ3) is 6.69. The molecule has 0 saturated heterocycles. The number of rotatable bonds is 10. The van der Waals surface area contributed by atoms with E-state index in [1.54, 1.807) is 35.8 Å². The normalized spacial score (nSPS) is 10.4. The van der Waals surface area contributed by atoms with Crippen LogP contribution in [0.2, 0.25) is 0 Å². The van der Waals surface area contributed by atoms with Crippen LogP contribution < -0.4 is 0 Å². The zero-order valence-electron chi connectivity index (χ0n) is 12.2. The minimum absolute atomic E-state index is 0.0872. The minimum atomic E-state index is 0.0872. The number of hydrogen-bond acceptors (Lipinski definition) is 7. The lowest BCUT2D eigenvalue weighted by Crippen LogP contribution is -2.23. The van der Waals surface area contributed by atoms with Crippen LogP contribution in [0.4, 0.5) is 0 Å². The fourth-order valence-electron chi connectivity index (χ4n) is 1.71. The molecule has 0 amide bonds. The van der Waals surface area contributed by atoms with Crippen molar-refractivity contribution in [1.82, 2.24) is 4.31 Å². The van der Waals surface area contributed by atoms with E-state index in [9.17, 15) is 0 Å². The van der Waals surface area contributed by atoms with Gasteiger partial charge in [-0.3, -0.25) is 0 Å². The lowest BCUT2D eigenvalue weighted by atomic mass is 10.1. The Hall–Kier alpha value is -1.22. The fraction of sp³-hybridized carbons (Fsp3) is 0.467. The van der Waals surface area contributed by atoms with Crippen molar-refractivity contribution in [3.05, 3.63) is 29.3 Å². The zero-order chi connectivity index (χ0) is 16.2. The quantitative estimate of drug-likeness (QED) is 0.382. The molecular weight excluding hydrogens is 318 g/mol. The molecule has 0 aliphatic rings. The van der Waals surface area contributed by atoms with Gasteiger partial charge in [0.15, 0.2) is 0 Å². The van der Waals surface area contributed by atoms with Crippen LogP contribution in [0.1, 0.15) is 17.5 Å². The largest absolute Gasteiger partial charge is 0.395 e. The van der Waals surface area contributed by atoms with Crippen molar-refractivity contribution in [3.63, 3.8) is 0 Å². The van der Waals surface area contributed by atoms with Gasteiger partial charge in [0.2, 0.25) is 0 Å². The van der Waals surface area contributed by atoms with E-state index in [-0.39, 0.29) is 13.2 Å². The summed E-state index contributed by atoms with van der Waals surface area (Å²) >= 11 is 3.28. The monoisotopic (exact) mass is 337 g/mol. The summed E-state index contributed by atoms with van der Waals surface area (Å²) in [5.41, 5.74) is 0.824. The third-order valence-electron chi connectivity index (χ3n) is 2.76. The first-order valence-corrected chi connectivity index (χ1v) is 8.84. The molecular formula is C15H19N3O2S2. The predicted molar refractivity (Wildman–Crippen MR) is 89.4 cm³/mol. The number of aliphatic hydroxyl groups excluding tert-OH is 2. The van der Waals surface area contributed by atoms with E-state index in [1.807, 2.05) is 22.5 Å². The standard InChI is InChI=1S/C15H19N3O2S2/c16-11-13-2-3-15(10-14(13)12-17)21-8-1-9-22-18(4-6-19)5-7-20/h2-3,10,19-20H,1,4-9H2. The van der Waals surface area contributed by atoms with Crippen LogP contribution in [0, 0.1) is 22.7 Å². The summed E-state index contributed by atoms with van der Waals surface area (Å²) in [7, 11) is 0. The molecule has 1 aromatic rings. The lowest BCUT2D eigenvalue weighted by Gasteiger charge is -2.18. The molecule has 0 unspecified atom stereocenters. The predicted octanol–water partition coefficient (Wildman–Crippen LogP) is 1.85. The SMILES string of the molecule is N#Cc1ccc(SCCCSN(CCO)CCO)cc1C#N. The average molecular weight is 337 g/mol. The zero-order valence-corrected chi connectivity index (χ0v) is 13.9. The highest BCUT2D eigenvalue weighted by Crippen LogP contribution is 2.23. The van der Waals surface area contributed by atoms with Crippen molar-refractivity contribution in [2.45, 2.75) is 11.3 Å². The van der Waals surface area contributed by atoms with Crippen molar-refractivity contribution in [3.8, 4) is 12.1 Å². The van der Waals surface area contributed by atoms with E-state index in [2.05, 4.69) is 0 Å². The molecule has 0 saturated carbocycles. The summed E-state index contributed by atoms with van der Waals surface area (Å²) in [6, 6.07) is 9.34. The van der Waals surface area contributed by atoms with Crippen LogP contribution in [0.5, 0.6) is 0 Å². The van der Waals surface area contributed by atoms with Crippen LogP contribution in [-0.2, 0) is 0 Å². The molecule has 0 atom stereocenters. The number of hydrogen-bond donors (Lipinski definition) is 2. The highest BCUT2D eigenvalue weighted by Gasteiger charge is 2.05. The number of aliphatic hydroxyl groups is 2. The number of nitriles is 2. The summed E-state index contributed by atoms with van der Waals surface area (Å²) in [5, 5.41) is 35.7. The van der Waals surface area contributed by atoms with Gasteiger partial charge in [-0.2, -0.15) is 10.5 Å². The average Bonchev–Trinajstić information content (AvgIpc) is 2.54. The summed E-state index contributed by atoms with van der Waals surface area (Å²) in [5.74, 6) is 1.82. The molecule has 0 spiro atoms. The maximum Gasteiger partial charge on any atom is 0.101 e. The third-order valence-corrected chi connectivity index (χ3v) is 5.04. The minimum Gasteiger partial charge on any atom is -0.395 e. The second-order valence-electron chi connectivity index (χ2n) is 4.34. The van der Waals surface area contributed by atoms with Gasteiger partial charge in [0.25, 0.3) is 0 Å². The molecule has 2 N–H and O–H groups in total. The van der Waals surface area contributed by atoms with Gasteiger partial charge in [-0.25, -0.2) is 4.31 Å². The smallest absolute Gasteiger partial charge is 0.101 e. The molecule has 5 nitrogen and oxygen atoms in total. The number of nitrogens with zero attached hydrogens (tertiary/aromatic N) is 3. The molecule has 118 valence electrons. The Morgan fingerprint density at radius 2 is 1.68 bits per heavy atom. The van der Waals surface area contributed by atoms with Gasteiger partial charge in [-0.1, -0.05) is 11.9 Å². The maximum absolute atomic E-state index is 8.99. The molecule has 0 aliphatic carbocycles. The van der Waals surface area contributed by atoms with E-state index >= 15 is 0 Å². The Kier molecular flexibility index (Phi) is 9.72. The fourth-order valence-corrected chi connectivity index (χ4v) is 3.74. The van der Waals surface area contributed by atoms with Crippen molar-refractivity contribution in [2.75, 3.05) is 37.8 Å². The maximum atomic E-state index is 8.99. The molecule has 0 bridgehead atoms. The van der Waals surface area contributed by atoms with E-state index in [4.69, 9.17) is 20.7 Å². The molecule has 1 rings (SSSR count). The second-order valence-corrected chi connectivity index (χ2v) is 6.69. The highest BCUT2D eigenvalue weighted by atomic mass is 32.2. The second kappa shape index (κ2) is 11.4. The van der Waals surface area contributed by atoms with Crippen LogP contribution in [-0.4, -0.2) is 52.3 Å². The molecule has 7 heteroatoms. The Balaban J connectivity index is 2.33. The van der Waals surface area contributed by atoms with Crippen molar-refractivity contribution in [2.24, 2.45) is 0 Å². The first kappa shape index (κ1) is 18.8. The van der Waals surface area contributed by atoms with Gasteiger partial charge < -0.3 is 10.2 Å². The summed E-state index contributed by atoms with van der Waals surface area (Å²) in [6.07, 6.45) is 0.977. The molecule has 0 fully saturated rings. The van der Waals surface area contributed by atoms with Gasteiger partial charge in [-0.05, 0) is 30.4 Å². The van der Waals surface area contributed by atoms with Gasteiger partial charge in [-0.15, -0.1) is 11.8 Å². The van der Waals surface area contributed by atoms with E-state index < -0.39 is 0 Å². The molecule has 0 heterocycles. The Morgan fingerprint density at radius 3 is 2.27 bits per heavy atom. The van der Waals surface area contributed by atoms with Gasteiger partial charge >= 0.3 is 0 Å². The van der Waals surface area contributed by atoms with Crippen molar-refractivity contribution < 1.29 is 10.2 Å². The first-order chi connectivity index (χ1) is 10.7. The first-order valence-electron chi connectivity index (χ1n) is 6.91. The van der Waals surface area contributed by atoms with Crippen molar-refractivity contribution >= 4 is 23.7 Å². The molecule has 0 aromatic heterocycles. The topological polar surface area (TPSA) is 91.3 Å². The van der Waals surface area contributed by atoms with Gasteiger partial charge in [0.1, 0.15) is 12.1 Å². The van der Waals surface area contributed by atoms with Gasteiger partial charge in [0.05, 0.1) is 24.3 Å². The highest BCUT2D eigenvalue weighted by molar-refractivity contribution is 7.99. The van der Waals surface area contributed by atoms with E-state index in [1.165, 1.54) is 0 Å². The molecule has 1 aromatic carbocycles. The number of benzene rings is 1. The number of thioether (sulfide) groups is 1. The van der Waals surface area contributed by atoms with Crippen LogP contribution in [0.3, 0.4) is 0 Å². The van der Waals surface area contributed by atoms with E-state index in [0.29, 0.717) is 24.2 Å². The molecule has 22 heavy (non-hydrogen) atoms. The van der Waals surface area contributed by atoms with E-state index in [0.717, 1.165) is 22.8 Å². The summed E-state index contributed by atoms with van der Waals surface area (Å²) in [6.45, 7) is 1.28. The lowest BCUT2D eigenvalue weighted by molar-refractivity contribution is 0.226. The Labute approximate surface area is 139 Å². The van der Waals surface area contributed by atoms with Gasteiger partial charge in [0, 0.05) is 23.7 Å². The summed E-state index contributed by atoms with van der Waals surface area (Å²) in [4.78, 5) is 0.989. The molecule has 0 radical (unpaired) electrons. The van der Waals surface area contributed by atoms with Crippen LogP contribution in [0.15, 0.2) is 23.1 Å². The van der Waals surface area contributed by atoms with Crippen LogP contribution in [0.25, 0.3) is 0 Å². The Morgan fingerprint density at radius 1 is 1.00 bits per heavy atom. The Bertz CT molecular complexity index is 535. The molecule has 0 aliphatic heterocycles.